The summed E-state index contributed by atoms with van der Waals surface area (Å²) < 4.78 is 0. The molecule has 1 unspecified atom stereocenters. The van der Waals surface area contributed by atoms with Crippen molar-refractivity contribution in [2.24, 2.45) is 0 Å². The maximum Gasteiger partial charge on any atom is 0.244 e. The zero-order valence-corrected chi connectivity index (χ0v) is 10.2. The Kier molecular flexibility index (Phi) is 3.49. The lowest BCUT2D eigenvalue weighted by Gasteiger charge is -2.23. The second-order valence-electron chi connectivity index (χ2n) is 4.19. The lowest BCUT2D eigenvalue weighted by molar-refractivity contribution is -0.118. The van der Waals surface area contributed by atoms with Crippen LogP contribution < -0.4 is 4.90 Å². The van der Waals surface area contributed by atoms with Gasteiger partial charge in [0.2, 0.25) is 5.91 Å². The summed E-state index contributed by atoms with van der Waals surface area (Å²) in [5.41, 5.74) is 2.29. The Hall–Kier alpha value is -1.02. The van der Waals surface area contributed by atoms with E-state index in [1.807, 2.05) is 23.1 Å². The highest BCUT2D eigenvalue weighted by atomic mass is 35.5. The van der Waals surface area contributed by atoms with Crippen molar-refractivity contribution in [3.05, 3.63) is 29.8 Å². The fourth-order valence-electron chi connectivity index (χ4n) is 2.14. The second kappa shape index (κ2) is 4.88. The van der Waals surface area contributed by atoms with Gasteiger partial charge in [0.25, 0.3) is 0 Å². The summed E-state index contributed by atoms with van der Waals surface area (Å²) in [6.07, 6.45) is 3.23. The van der Waals surface area contributed by atoms with Crippen LogP contribution in [-0.2, 0) is 11.2 Å². The van der Waals surface area contributed by atoms with Gasteiger partial charge in [-0.3, -0.25) is 4.79 Å². The summed E-state index contributed by atoms with van der Waals surface area (Å²) >= 11 is 5.89. The first kappa shape index (κ1) is 11.5. The van der Waals surface area contributed by atoms with Gasteiger partial charge in [-0.2, -0.15) is 0 Å². The van der Waals surface area contributed by atoms with Gasteiger partial charge in [0.05, 0.1) is 0 Å². The van der Waals surface area contributed by atoms with Crippen LogP contribution in [0.1, 0.15) is 25.3 Å². The van der Waals surface area contributed by atoms with Gasteiger partial charge < -0.3 is 4.90 Å². The Labute approximate surface area is 101 Å². The molecule has 0 saturated heterocycles. The zero-order chi connectivity index (χ0) is 11.5. The van der Waals surface area contributed by atoms with E-state index >= 15 is 0 Å². The molecule has 2 nitrogen and oxygen atoms in total. The molecule has 1 aliphatic heterocycles. The van der Waals surface area contributed by atoms with Gasteiger partial charge in [-0.15, -0.1) is 11.6 Å². The van der Waals surface area contributed by atoms with Crippen molar-refractivity contribution in [2.45, 2.75) is 31.6 Å². The van der Waals surface area contributed by atoms with Gasteiger partial charge in [-0.05, 0) is 37.8 Å². The minimum Gasteiger partial charge on any atom is -0.311 e. The molecular formula is C13H16ClNO. The molecule has 1 aromatic rings. The minimum atomic E-state index is -0.453. The molecule has 3 heteroatoms. The van der Waals surface area contributed by atoms with E-state index in [2.05, 4.69) is 6.07 Å². The number of carbonyl (C=O) groups excluding carboxylic acids is 1. The molecule has 1 amide bonds. The first-order valence-corrected chi connectivity index (χ1v) is 6.17. The molecule has 0 aliphatic carbocycles. The van der Waals surface area contributed by atoms with Crippen molar-refractivity contribution in [1.82, 2.24) is 0 Å². The summed E-state index contributed by atoms with van der Waals surface area (Å²) in [6, 6.07) is 8.11. The van der Waals surface area contributed by atoms with Crippen molar-refractivity contribution in [3.63, 3.8) is 0 Å². The molecule has 1 aromatic carbocycles. The number of rotatable bonds is 1. The van der Waals surface area contributed by atoms with Gasteiger partial charge in [0.1, 0.15) is 5.38 Å². The third kappa shape index (κ3) is 2.22. The molecule has 86 valence electrons. The van der Waals surface area contributed by atoms with Gasteiger partial charge >= 0.3 is 0 Å². The predicted octanol–water partition coefficient (Wildman–Crippen LogP) is 2.98. The monoisotopic (exact) mass is 237 g/mol. The minimum absolute atomic E-state index is 0.0102. The van der Waals surface area contributed by atoms with Crippen LogP contribution in [0, 0.1) is 0 Å². The normalized spacial score (nSPS) is 17.5. The van der Waals surface area contributed by atoms with Crippen LogP contribution in [0.3, 0.4) is 0 Å². The number of carbonyl (C=O) groups is 1. The topological polar surface area (TPSA) is 20.3 Å². The summed E-state index contributed by atoms with van der Waals surface area (Å²) in [5.74, 6) is 0.0102. The number of fused-ring (bicyclic) bond motifs is 1. The molecule has 2 rings (SSSR count). The van der Waals surface area contributed by atoms with Crippen LogP contribution in [0.25, 0.3) is 0 Å². The molecule has 0 N–H and O–H groups in total. The largest absolute Gasteiger partial charge is 0.311 e. The van der Waals surface area contributed by atoms with E-state index in [-0.39, 0.29) is 5.91 Å². The number of amides is 1. The molecular weight excluding hydrogens is 222 g/mol. The van der Waals surface area contributed by atoms with Gasteiger partial charge in [-0.1, -0.05) is 18.2 Å². The maximum absolute atomic E-state index is 12.0. The van der Waals surface area contributed by atoms with E-state index < -0.39 is 5.38 Å². The zero-order valence-electron chi connectivity index (χ0n) is 9.45. The Morgan fingerprint density at radius 1 is 1.38 bits per heavy atom. The van der Waals surface area contributed by atoms with Crippen molar-refractivity contribution >= 4 is 23.2 Å². The van der Waals surface area contributed by atoms with E-state index in [1.165, 1.54) is 5.56 Å². The lowest BCUT2D eigenvalue weighted by Crippen LogP contribution is -2.36. The number of anilines is 1. The smallest absolute Gasteiger partial charge is 0.244 e. The van der Waals surface area contributed by atoms with Crippen LogP contribution in [0.4, 0.5) is 5.69 Å². The van der Waals surface area contributed by atoms with Crippen molar-refractivity contribution in [3.8, 4) is 0 Å². The third-order valence-corrected chi connectivity index (χ3v) is 3.15. The summed E-state index contributed by atoms with van der Waals surface area (Å²) in [4.78, 5) is 13.8. The summed E-state index contributed by atoms with van der Waals surface area (Å²) in [6.45, 7) is 2.52. The predicted molar refractivity (Wildman–Crippen MR) is 67.0 cm³/mol. The average Bonchev–Trinajstić information content (AvgIpc) is 2.50. The highest BCUT2D eigenvalue weighted by Crippen LogP contribution is 2.27. The first-order chi connectivity index (χ1) is 7.70. The maximum atomic E-state index is 12.0. The quantitative estimate of drug-likeness (QED) is 0.688. The van der Waals surface area contributed by atoms with E-state index in [9.17, 15) is 4.79 Å². The number of hydrogen-bond acceptors (Lipinski definition) is 1. The molecule has 0 radical (unpaired) electrons. The Bertz CT molecular complexity index is 389. The number of halogens is 1. The molecule has 16 heavy (non-hydrogen) atoms. The fraction of sp³-hybridized carbons (Fsp3) is 0.462. The summed E-state index contributed by atoms with van der Waals surface area (Å²) in [7, 11) is 0. The number of para-hydroxylation sites is 1. The van der Waals surface area contributed by atoms with Crippen molar-refractivity contribution in [1.29, 1.82) is 0 Å². The Morgan fingerprint density at radius 3 is 2.88 bits per heavy atom. The fourth-order valence-corrected chi connectivity index (χ4v) is 2.25. The van der Waals surface area contributed by atoms with Crippen molar-refractivity contribution in [2.75, 3.05) is 11.4 Å². The Balaban J connectivity index is 2.36. The van der Waals surface area contributed by atoms with E-state index in [0.29, 0.717) is 0 Å². The number of nitrogens with zero attached hydrogens (tertiary/aromatic N) is 1. The van der Waals surface area contributed by atoms with Crippen LogP contribution >= 0.6 is 11.6 Å². The molecule has 1 atom stereocenters. The number of alkyl halides is 1. The van der Waals surface area contributed by atoms with Crippen LogP contribution in [0.2, 0.25) is 0 Å². The van der Waals surface area contributed by atoms with E-state index in [0.717, 1.165) is 31.5 Å². The van der Waals surface area contributed by atoms with Crippen LogP contribution in [0.15, 0.2) is 24.3 Å². The van der Waals surface area contributed by atoms with Crippen molar-refractivity contribution < 1.29 is 4.79 Å². The molecule has 1 aliphatic rings. The number of hydrogen-bond donors (Lipinski definition) is 0. The van der Waals surface area contributed by atoms with Gasteiger partial charge in [-0.25, -0.2) is 0 Å². The highest BCUT2D eigenvalue weighted by molar-refractivity contribution is 6.32. The highest BCUT2D eigenvalue weighted by Gasteiger charge is 2.23. The SMILES string of the molecule is CC(Cl)C(=O)N1CCCCc2ccccc21. The standard InChI is InChI=1S/C13H16ClNO/c1-10(14)13(16)15-9-5-4-7-11-6-2-3-8-12(11)15/h2-3,6,8,10H,4-5,7,9H2,1H3. The van der Waals surface area contributed by atoms with Gasteiger partial charge in [0.15, 0.2) is 0 Å². The number of benzene rings is 1. The van der Waals surface area contributed by atoms with E-state index in [4.69, 9.17) is 11.6 Å². The third-order valence-electron chi connectivity index (χ3n) is 2.97. The molecule has 0 spiro atoms. The first-order valence-electron chi connectivity index (χ1n) is 5.73. The number of aryl methyl sites for hydroxylation is 1. The van der Waals surface area contributed by atoms with E-state index in [1.54, 1.807) is 6.92 Å². The van der Waals surface area contributed by atoms with Gasteiger partial charge in [0, 0.05) is 12.2 Å². The van der Waals surface area contributed by atoms with Crippen LogP contribution in [-0.4, -0.2) is 17.8 Å². The lowest BCUT2D eigenvalue weighted by atomic mass is 10.1. The van der Waals surface area contributed by atoms with Crippen LogP contribution in [0.5, 0.6) is 0 Å². The molecule has 1 heterocycles. The average molecular weight is 238 g/mol. The molecule has 0 fully saturated rings. The Morgan fingerprint density at radius 2 is 2.12 bits per heavy atom. The second-order valence-corrected chi connectivity index (χ2v) is 4.85. The molecule has 0 bridgehead atoms. The molecule has 0 aromatic heterocycles. The molecule has 0 saturated carbocycles. The summed E-state index contributed by atoms with van der Waals surface area (Å²) in [5, 5.41) is -0.453.